The zero-order chi connectivity index (χ0) is 17.2. The van der Waals surface area contributed by atoms with Crippen LogP contribution in [0.15, 0.2) is 53.5 Å². The van der Waals surface area contributed by atoms with Gasteiger partial charge in [0.1, 0.15) is 11.5 Å². The summed E-state index contributed by atoms with van der Waals surface area (Å²) in [7, 11) is 1.58. The lowest BCUT2D eigenvalue weighted by atomic mass is 10.0. The summed E-state index contributed by atoms with van der Waals surface area (Å²) >= 11 is 0. The maximum absolute atomic E-state index is 10.3. The monoisotopic (exact) mass is 327 g/mol. The highest BCUT2D eigenvalue weighted by Crippen LogP contribution is 2.26. The van der Waals surface area contributed by atoms with Gasteiger partial charge in [-0.2, -0.15) is 0 Å². The summed E-state index contributed by atoms with van der Waals surface area (Å²) in [5.41, 5.74) is 2.48. The molecular formula is C20H25NO3. The number of benzene rings is 2. The van der Waals surface area contributed by atoms with Gasteiger partial charge in [-0.15, -0.1) is 0 Å². The van der Waals surface area contributed by atoms with Gasteiger partial charge >= 0.3 is 0 Å². The number of phenols is 1. The van der Waals surface area contributed by atoms with Crippen molar-refractivity contribution in [1.29, 1.82) is 0 Å². The van der Waals surface area contributed by atoms with Crippen molar-refractivity contribution in [3.05, 3.63) is 59.7 Å². The lowest BCUT2D eigenvalue weighted by molar-refractivity contribution is 0.282. The number of aliphatic hydroxyl groups excluding tert-OH is 1. The number of rotatable bonds is 9. The summed E-state index contributed by atoms with van der Waals surface area (Å²) in [4.78, 5) is 4.73. The van der Waals surface area contributed by atoms with E-state index in [2.05, 4.69) is 0 Å². The second-order valence-corrected chi connectivity index (χ2v) is 5.62. The molecule has 4 heteroatoms. The van der Waals surface area contributed by atoms with E-state index in [1.807, 2.05) is 42.5 Å². The molecule has 0 aromatic heterocycles. The van der Waals surface area contributed by atoms with E-state index in [1.165, 1.54) is 0 Å². The summed E-state index contributed by atoms with van der Waals surface area (Å²) in [5, 5.41) is 19.2. The summed E-state index contributed by atoms with van der Waals surface area (Å²) in [5.74, 6) is 0.782. The molecule has 0 aliphatic carbocycles. The lowest BCUT2D eigenvalue weighted by Crippen LogP contribution is -2.05. The second kappa shape index (κ2) is 9.73. The minimum atomic E-state index is 0.164. The molecule has 2 rings (SSSR count). The van der Waals surface area contributed by atoms with Crippen LogP contribution in [0.2, 0.25) is 0 Å². The molecule has 2 N–H and O–H groups in total. The molecule has 0 fully saturated rings. The summed E-state index contributed by atoms with van der Waals surface area (Å²) in [6.45, 7) is 0.944. The molecule has 0 spiro atoms. The van der Waals surface area contributed by atoms with Crippen molar-refractivity contribution in [3.63, 3.8) is 0 Å². The van der Waals surface area contributed by atoms with Crippen molar-refractivity contribution in [2.45, 2.75) is 25.7 Å². The third-order valence-corrected chi connectivity index (χ3v) is 3.84. The van der Waals surface area contributed by atoms with Crippen molar-refractivity contribution >= 4 is 5.71 Å². The van der Waals surface area contributed by atoms with E-state index in [-0.39, 0.29) is 12.4 Å². The van der Waals surface area contributed by atoms with Gasteiger partial charge in [0, 0.05) is 30.3 Å². The molecule has 0 unspecified atom stereocenters. The molecule has 0 heterocycles. The third-order valence-electron chi connectivity index (χ3n) is 3.84. The Morgan fingerprint density at radius 1 is 1.00 bits per heavy atom. The maximum Gasteiger partial charge on any atom is 0.128 e. The van der Waals surface area contributed by atoms with Gasteiger partial charge in [0.2, 0.25) is 0 Å². The minimum Gasteiger partial charge on any atom is -0.507 e. The molecule has 2 aromatic rings. The Hall–Kier alpha value is -2.33. The largest absolute Gasteiger partial charge is 0.507 e. The van der Waals surface area contributed by atoms with Crippen molar-refractivity contribution in [2.75, 3.05) is 20.3 Å². The van der Waals surface area contributed by atoms with Crippen LogP contribution in [0, 0.1) is 0 Å². The lowest BCUT2D eigenvalue weighted by Gasteiger charge is -2.11. The van der Waals surface area contributed by atoms with Crippen LogP contribution in [0.3, 0.4) is 0 Å². The van der Waals surface area contributed by atoms with Crippen LogP contribution in [0.1, 0.15) is 36.8 Å². The number of aliphatic hydroxyl groups is 1. The molecule has 0 amide bonds. The van der Waals surface area contributed by atoms with Crippen LogP contribution >= 0.6 is 0 Å². The van der Waals surface area contributed by atoms with Gasteiger partial charge < -0.3 is 14.9 Å². The highest BCUT2D eigenvalue weighted by molar-refractivity contribution is 6.14. The molecule has 24 heavy (non-hydrogen) atoms. The zero-order valence-electron chi connectivity index (χ0n) is 14.1. The Labute approximate surface area is 143 Å². The average molecular weight is 327 g/mol. The second-order valence-electron chi connectivity index (χ2n) is 5.62. The summed E-state index contributed by atoms with van der Waals surface area (Å²) in [6.07, 6.45) is 3.86. The van der Waals surface area contributed by atoms with E-state index in [9.17, 15) is 5.11 Å². The third kappa shape index (κ3) is 5.10. The van der Waals surface area contributed by atoms with E-state index in [0.29, 0.717) is 17.9 Å². The van der Waals surface area contributed by atoms with Crippen LogP contribution in [0.4, 0.5) is 0 Å². The molecule has 0 aliphatic heterocycles. The molecule has 0 aliphatic rings. The zero-order valence-corrected chi connectivity index (χ0v) is 14.1. The normalized spacial score (nSPS) is 11.5. The first-order valence-electron chi connectivity index (χ1n) is 8.34. The number of unbranched alkanes of at least 4 members (excludes halogenated alkanes) is 3. The Bertz CT molecular complexity index is 653. The minimum absolute atomic E-state index is 0.164. The SMILES string of the molecule is COc1ccc(C(=NCCCCCCO)c2ccccc2)c(O)c1. The fourth-order valence-electron chi connectivity index (χ4n) is 2.53. The van der Waals surface area contributed by atoms with Gasteiger partial charge in [0.25, 0.3) is 0 Å². The molecule has 2 aromatic carbocycles. The van der Waals surface area contributed by atoms with Crippen LogP contribution in [0.5, 0.6) is 11.5 Å². The van der Waals surface area contributed by atoms with Crippen LogP contribution in [-0.2, 0) is 0 Å². The van der Waals surface area contributed by atoms with Gasteiger partial charge in [-0.25, -0.2) is 0 Å². The Kier molecular flexibility index (Phi) is 7.30. The molecule has 4 nitrogen and oxygen atoms in total. The number of aromatic hydroxyl groups is 1. The predicted molar refractivity (Wildman–Crippen MR) is 97.2 cm³/mol. The summed E-state index contributed by atoms with van der Waals surface area (Å²) < 4.78 is 5.15. The van der Waals surface area contributed by atoms with E-state index >= 15 is 0 Å². The first kappa shape index (κ1) is 18.0. The van der Waals surface area contributed by atoms with Gasteiger partial charge in [0.05, 0.1) is 12.8 Å². The van der Waals surface area contributed by atoms with E-state index in [0.717, 1.165) is 37.0 Å². The van der Waals surface area contributed by atoms with Crippen molar-refractivity contribution < 1.29 is 14.9 Å². The molecule has 128 valence electrons. The average Bonchev–Trinajstić information content (AvgIpc) is 2.62. The van der Waals surface area contributed by atoms with Gasteiger partial charge in [-0.3, -0.25) is 4.99 Å². The molecule has 0 saturated carbocycles. The number of hydrogen-bond acceptors (Lipinski definition) is 4. The van der Waals surface area contributed by atoms with E-state index in [4.69, 9.17) is 14.8 Å². The van der Waals surface area contributed by atoms with Crippen molar-refractivity contribution in [2.24, 2.45) is 4.99 Å². The smallest absolute Gasteiger partial charge is 0.128 e. The number of phenolic OH excluding ortho intramolecular Hbond substituents is 1. The van der Waals surface area contributed by atoms with Crippen molar-refractivity contribution in [3.8, 4) is 11.5 Å². The van der Waals surface area contributed by atoms with Crippen LogP contribution < -0.4 is 4.74 Å². The first-order chi connectivity index (χ1) is 11.8. The highest BCUT2D eigenvalue weighted by atomic mass is 16.5. The Morgan fingerprint density at radius 2 is 1.75 bits per heavy atom. The van der Waals surface area contributed by atoms with Crippen LogP contribution in [0.25, 0.3) is 0 Å². The molecule has 0 radical (unpaired) electrons. The summed E-state index contributed by atoms with van der Waals surface area (Å²) in [6, 6.07) is 15.2. The number of nitrogens with zero attached hydrogens (tertiary/aromatic N) is 1. The highest BCUT2D eigenvalue weighted by Gasteiger charge is 2.12. The maximum atomic E-state index is 10.3. The van der Waals surface area contributed by atoms with E-state index < -0.39 is 0 Å². The van der Waals surface area contributed by atoms with Gasteiger partial charge in [-0.1, -0.05) is 43.2 Å². The predicted octanol–water partition coefficient (Wildman–Crippen LogP) is 3.79. The van der Waals surface area contributed by atoms with Gasteiger partial charge in [0.15, 0.2) is 0 Å². The van der Waals surface area contributed by atoms with Crippen molar-refractivity contribution in [1.82, 2.24) is 0 Å². The Morgan fingerprint density at radius 3 is 2.42 bits per heavy atom. The molecule has 0 saturated heterocycles. The number of ether oxygens (including phenoxy) is 1. The van der Waals surface area contributed by atoms with E-state index in [1.54, 1.807) is 13.2 Å². The number of hydrogen-bond donors (Lipinski definition) is 2. The molecular weight excluding hydrogens is 302 g/mol. The topological polar surface area (TPSA) is 62.0 Å². The molecule has 0 atom stereocenters. The van der Waals surface area contributed by atoms with Gasteiger partial charge in [-0.05, 0) is 25.0 Å². The Balaban J connectivity index is 2.20. The number of aliphatic imine (C=N–C) groups is 1. The number of methoxy groups -OCH3 is 1. The fourth-order valence-corrected chi connectivity index (χ4v) is 2.53. The standard InChI is InChI=1S/C20H25NO3/c1-24-17-11-12-18(19(23)15-17)20(16-9-5-4-6-10-16)21-13-7-2-3-8-14-22/h4-6,9-12,15,22-23H,2-3,7-8,13-14H2,1H3. The van der Waals surface area contributed by atoms with Crippen LogP contribution in [-0.4, -0.2) is 36.2 Å². The first-order valence-corrected chi connectivity index (χ1v) is 8.34. The molecule has 0 bridgehead atoms. The fraction of sp³-hybridized carbons (Fsp3) is 0.350. The quantitative estimate of drug-likeness (QED) is 0.544.